The molecule has 2 saturated heterocycles. The summed E-state index contributed by atoms with van der Waals surface area (Å²) in [6, 6.07) is 31.1. The highest BCUT2D eigenvalue weighted by Gasteiger charge is 2.56. The average Bonchev–Trinajstić information content (AvgIpc) is 3.38. The molecule has 3 aromatic rings. The first-order chi connectivity index (χ1) is 22.0. The Bertz CT molecular complexity index is 1420. The minimum Gasteiger partial charge on any atom is -0.473 e. The number of carboxylic acid groups (broad SMARTS) is 2. The van der Waals surface area contributed by atoms with Crippen LogP contribution in [-0.2, 0) is 34.9 Å². The van der Waals surface area contributed by atoms with Gasteiger partial charge in [0, 0.05) is 50.9 Å². The SMILES string of the molecule is CCC(=O)OC1(c2ccccc2)CCN(CCC2CN(C(C)C)C(=O)C2(c2ccccc2)c2ccccc2)CC1.O=C(O)C(=O)O. The summed E-state index contributed by atoms with van der Waals surface area (Å²) in [7, 11) is 0. The maximum absolute atomic E-state index is 14.4. The first-order valence-electron chi connectivity index (χ1n) is 15.9. The maximum Gasteiger partial charge on any atom is 0.414 e. The number of rotatable bonds is 9. The van der Waals surface area contributed by atoms with Crippen LogP contribution in [0.15, 0.2) is 91.0 Å². The molecule has 0 bridgehead atoms. The fourth-order valence-electron chi connectivity index (χ4n) is 6.86. The van der Waals surface area contributed by atoms with Gasteiger partial charge in [0.2, 0.25) is 5.91 Å². The molecule has 0 saturated carbocycles. The third-order valence-corrected chi connectivity index (χ3v) is 9.25. The normalized spacial score (nSPS) is 18.8. The largest absolute Gasteiger partial charge is 0.473 e. The Morgan fingerprint density at radius 3 is 1.67 bits per heavy atom. The molecule has 2 aliphatic rings. The van der Waals surface area contributed by atoms with Crippen LogP contribution in [-0.4, -0.2) is 76.0 Å². The van der Waals surface area contributed by atoms with Gasteiger partial charge in [-0.1, -0.05) is 97.9 Å². The number of carbonyl (C=O) groups is 4. The summed E-state index contributed by atoms with van der Waals surface area (Å²) in [6.45, 7) is 9.44. The molecule has 2 aliphatic heterocycles. The van der Waals surface area contributed by atoms with E-state index in [4.69, 9.17) is 24.5 Å². The quantitative estimate of drug-likeness (QED) is 0.241. The lowest BCUT2D eigenvalue weighted by Crippen LogP contribution is -2.47. The third-order valence-electron chi connectivity index (χ3n) is 9.25. The fraction of sp³-hybridized carbons (Fsp3) is 0.405. The van der Waals surface area contributed by atoms with Gasteiger partial charge in [0.25, 0.3) is 0 Å². The summed E-state index contributed by atoms with van der Waals surface area (Å²) in [5.41, 5.74) is 1.96. The Hall–Kier alpha value is -4.50. The predicted molar refractivity (Wildman–Crippen MR) is 174 cm³/mol. The smallest absolute Gasteiger partial charge is 0.414 e. The van der Waals surface area contributed by atoms with Crippen molar-refractivity contribution in [1.29, 1.82) is 0 Å². The number of aliphatic carboxylic acids is 2. The minimum absolute atomic E-state index is 0.138. The zero-order chi connectivity index (χ0) is 33.3. The van der Waals surface area contributed by atoms with Crippen molar-refractivity contribution in [2.45, 2.75) is 63.5 Å². The van der Waals surface area contributed by atoms with Crippen molar-refractivity contribution in [2.24, 2.45) is 5.92 Å². The summed E-state index contributed by atoms with van der Waals surface area (Å²) in [5, 5.41) is 14.8. The molecule has 2 N–H and O–H groups in total. The van der Waals surface area contributed by atoms with Crippen molar-refractivity contribution in [2.75, 3.05) is 26.2 Å². The number of likely N-dealkylation sites (tertiary alicyclic amines) is 2. The second kappa shape index (κ2) is 15.2. The zero-order valence-corrected chi connectivity index (χ0v) is 26.8. The van der Waals surface area contributed by atoms with E-state index < -0.39 is 23.0 Å². The lowest BCUT2D eigenvalue weighted by molar-refractivity contribution is -0.166. The van der Waals surface area contributed by atoms with Crippen molar-refractivity contribution in [1.82, 2.24) is 9.80 Å². The Labute approximate surface area is 270 Å². The monoisotopic (exact) mass is 628 g/mol. The van der Waals surface area contributed by atoms with E-state index in [1.54, 1.807) is 0 Å². The van der Waals surface area contributed by atoms with Crippen LogP contribution in [0, 0.1) is 5.92 Å². The predicted octanol–water partition coefficient (Wildman–Crippen LogP) is 5.33. The first kappa shape index (κ1) is 34.4. The van der Waals surface area contributed by atoms with E-state index >= 15 is 0 Å². The van der Waals surface area contributed by atoms with Crippen molar-refractivity contribution >= 4 is 23.8 Å². The molecule has 2 fully saturated rings. The highest BCUT2D eigenvalue weighted by Crippen LogP contribution is 2.48. The van der Waals surface area contributed by atoms with Gasteiger partial charge in [-0.2, -0.15) is 0 Å². The number of nitrogens with zero attached hydrogens (tertiary/aromatic N) is 2. The highest BCUT2D eigenvalue weighted by atomic mass is 16.6. The van der Waals surface area contributed by atoms with Crippen molar-refractivity contribution in [3.8, 4) is 0 Å². The van der Waals surface area contributed by atoms with Gasteiger partial charge in [-0.05, 0) is 43.5 Å². The summed E-state index contributed by atoms with van der Waals surface area (Å²) in [5.74, 6) is -3.44. The van der Waals surface area contributed by atoms with Crippen LogP contribution < -0.4 is 0 Å². The molecule has 0 aliphatic carbocycles. The second-order valence-corrected chi connectivity index (χ2v) is 12.2. The lowest BCUT2D eigenvalue weighted by atomic mass is 9.66. The molecule has 0 radical (unpaired) electrons. The fourth-order valence-corrected chi connectivity index (χ4v) is 6.86. The maximum atomic E-state index is 14.4. The van der Waals surface area contributed by atoms with Gasteiger partial charge in [-0.15, -0.1) is 0 Å². The molecule has 1 amide bonds. The molecule has 46 heavy (non-hydrogen) atoms. The van der Waals surface area contributed by atoms with E-state index in [0.717, 1.165) is 62.1 Å². The van der Waals surface area contributed by atoms with Gasteiger partial charge < -0.3 is 24.7 Å². The topological polar surface area (TPSA) is 124 Å². The molecular weight excluding hydrogens is 584 g/mol. The van der Waals surface area contributed by atoms with Gasteiger partial charge in [0.05, 0.1) is 0 Å². The summed E-state index contributed by atoms with van der Waals surface area (Å²) in [4.78, 5) is 49.6. The number of piperidine rings is 1. The minimum atomic E-state index is -1.82. The van der Waals surface area contributed by atoms with Crippen LogP contribution >= 0.6 is 0 Å². The molecule has 2 heterocycles. The lowest BCUT2D eigenvalue weighted by Gasteiger charge is -2.42. The second-order valence-electron chi connectivity index (χ2n) is 12.2. The standard InChI is InChI=1S/C35H42N2O3.C2H2O4/c1-4-32(38)40-34(28-14-8-5-9-15-28)21-24-36(25-22-34)23-20-31-26-37(27(2)3)33(39)35(31,29-16-10-6-11-17-29)30-18-12-7-13-19-30;3-1(4)2(5)6/h5-19,27,31H,4,20-26H2,1-3H3;(H,3,4)(H,5,6). The molecule has 9 nitrogen and oxygen atoms in total. The van der Waals surface area contributed by atoms with E-state index in [2.05, 4.69) is 60.0 Å². The van der Waals surface area contributed by atoms with Crippen LogP contribution in [0.3, 0.4) is 0 Å². The number of benzene rings is 3. The Kier molecular flexibility index (Phi) is 11.4. The van der Waals surface area contributed by atoms with Crippen molar-refractivity contribution < 1.29 is 34.1 Å². The van der Waals surface area contributed by atoms with Gasteiger partial charge in [0.15, 0.2) is 0 Å². The Balaban J connectivity index is 0.000000731. The van der Waals surface area contributed by atoms with E-state index in [-0.39, 0.29) is 23.8 Å². The van der Waals surface area contributed by atoms with Crippen LogP contribution in [0.25, 0.3) is 0 Å². The number of esters is 1. The highest BCUT2D eigenvalue weighted by molar-refractivity contribution is 6.27. The number of hydrogen-bond donors (Lipinski definition) is 2. The third kappa shape index (κ3) is 7.31. The molecule has 1 atom stereocenters. The van der Waals surface area contributed by atoms with Crippen LogP contribution in [0.2, 0.25) is 0 Å². The van der Waals surface area contributed by atoms with Crippen molar-refractivity contribution in [3.05, 3.63) is 108 Å². The molecule has 9 heteroatoms. The Morgan fingerprint density at radius 1 is 0.804 bits per heavy atom. The number of ether oxygens (including phenoxy) is 1. The molecule has 3 aromatic carbocycles. The number of carboxylic acids is 2. The van der Waals surface area contributed by atoms with Crippen LogP contribution in [0.4, 0.5) is 0 Å². The van der Waals surface area contributed by atoms with Gasteiger partial charge in [-0.25, -0.2) is 9.59 Å². The first-order valence-corrected chi connectivity index (χ1v) is 15.9. The molecule has 5 rings (SSSR count). The van der Waals surface area contributed by atoms with Crippen LogP contribution in [0.1, 0.15) is 63.1 Å². The van der Waals surface area contributed by atoms with Gasteiger partial charge in [-0.3, -0.25) is 9.59 Å². The molecular formula is C37H44N2O7. The number of carbonyl (C=O) groups excluding carboxylic acids is 2. The van der Waals surface area contributed by atoms with Crippen molar-refractivity contribution in [3.63, 3.8) is 0 Å². The van der Waals surface area contributed by atoms with E-state index in [1.165, 1.54) is 0 Å². The van der Waals surface area contributed by atoms with E-state index in [9.17, 15) is 9.59 Å². The summed E-state index contributed by atoms with van der Waals surface area (Å²) in [6.07, 6.45) is 2.83. The van der Waals surface area contributed by atoms with E-state index in [1.807, 2.05) is 61.5 Å². The average molecular weight is 629 g/mol. The summed E-state index contributed by atoms with van der Waals surface area (Å²) >= 11 is 0. The van der Waals surface area contributed by atoms with Gasteiger partial charge >= 0.3 is 17.9 Å². The van der Waals surface area contributed by atoms with E-state index in [0.29, 0.717) is 6.42 Å². The number of amides is 1. The zero-order valence-electron chi connectivity index (χ0n) is 26.8. The molecule has 1 unspecified atom stereocenters. The molecule has 244 valence electrons. The van der Waals surface area contributed by atoms with Gasteiger partial charge in [0.1, 0.15) is 11.0 Å². The molecule has 0 aromatic heterocycles. The Morgan fingerprint density at radius 2 is 1.26 bits per heavy atom. The summed E-state index contributed by atoms with van der Waals surface area (Å²) < 4.78 is 6.13. The van der Waals surface area contributed by atoms with Crippen LogP contribution in [0.5, 0.6) is 0 Å². The number of hydrogen-bond acceptors (Lipinski definition) is 6. The molecule has 0 spiro atoms.